The number of amides is 4. The highest BCUT2D eigenvalue weighted by Crippen LogP contribution is 2.45. The molecule has 0 aromatic carbocycles. The van der Waals surface area contributed by atoms with Gasteiger partial charge in [-0.25, -0.2) is 19.6 Å². The summed E-state index contributed by atoms with van der Waals surface area (Å²) in [5, 5.41) is 11.6. The van der Waals surface area contributed by atoms with Crippen LogP contribution in [0.25, 0.3) is 0 Å². The molecule has 0 unspecified atom stereocenters. The lowest BCUT2D eigenvalue weighted by molar-refractivity contribution is 0.0761. The topological polar surface area (TPSA) is 108 Å². The van der Waals surface area contributed by atoms with Gasteiger partial charge in [0.15, 0.2) is 0 Å². The van der Waals surface area contributed by atoms with Crippen molar-refractivity contribution < 1.29 is 9.59 Å². The van der Waals surface area contributed by atoms with E-state index in [1.807, 2.05) is 12.1 Å². The van der Waals surface area contributed by atoms with Crippen molar-refractivity contribution in [3.8, 4) is 0 Å². The van der Waals surface area contributed by atoms with Gasteiger partial charge in [-0.1, -0.05) is 32.9 Å². The summed E-state index contributed by atoms with van der Waals surface area (Å²) in [6.45, 7) is 7.06. The van der Waals surface area contributed by atoms with Crippen LogP contribution in [-0.2, 0) is 0 Å². The second kappa shape index (κ2) is 9.11. The van der Waals surface area contributed by atoms with Crippen LogP contribution in [0.15, 0.2) is 48.8 Å². The predicted octanol–water partition coefficient (Wildman–Crippen LogP) is 4.00. The number of hydrogen-bond donors (Lipinski definition) is 4. The molecule has 2 heterocycles. The number of nitrogens with one attached hydrogen (secondary N) is 4. The number of hydrogen-bond acceptors (Lipinski definition) is 4. The molecule has 0 spiro atoms. The third-order valence-corrected chi connectivity index (χ3v) is 5.27. The van der Waals surface area contributed by atoms with Gasteiger partial charge in [0.2, 0.25) is 0 Å². The molecule has 4 N–H and O–H groups in total. The van der Waals surface area contributed by atoms with Gasteiger partial charge in [0, 0.05) is 25.0 Å². The number of carbonyl (C=O) groups excluding carboxylic acids is 2. The number of anilines is 2. The monoisotopic (exact) mass is 410 g/mol. The molecule has 2 atom stereocenters. The van der Waals surface area contributed by atoms with Crippen molar-refractivity contribution in [1.82, 2.24) is 20.6 Å². The quantitative estimate of drug-likeness (QED) is 0.597. The van der Waals surface area contributed by atoms with Crippen molar-refractivity contribution in [2.24, 2.45) is 10.8 Å². The van der Waals surface area contributed by atoms with E-state index in [1.165, 1.54) is 0 Å². The highest BCUT2D eigenvalue weighted by Gasteiger charge is 2.41. The average molecular weight is 411 g/mol. The fourth-order valence-electron chi connectivity index (χ4n) is 4.54. The number of aromatic nitrogens is 2. The Balaban J connectivity index is 1.56. The SMILES string of the molecule is CC1(C)C[C@H](NC(=O)Nc2ccccn2)C[C@](C)(CNC(=O)Nc2ccccn2)C1. The van der Waals surface area contributed by atoms with Crippen molar-refractivity contribution in [2.45, 2.75) is 46.1 Å². The molecular weight excluding hydrogens is 380 g/mol. The van der Waals surface area contributed by atoms with Crippen LogP contribution in [-0.4, -0.2) is 34.6 Å². The molecule has 0 bridgehead atoms. The zero-order valence-electron chi connectivity index (χ0n) is 17.7. The Hall–Kier alpha value is -3.16. The first-order chi connectivity index (χ1) is 14.2. The van der Waals surface area contributed by atoms with Gasteiger partial charge in [-0.2, -0.15) is 0 Å². The van der Waals surface area contributed by atoms with Crippen LogP contribution < -0.4 is 21.3 Å². The minimum atomic E-state index is -0.282. The van der Waals surface area contributed by atoms with E-state index in [1.54, 1.807) is 36.7 Å². The molecule has 1 aliphatic carbocycles. The van der Waals surface area contributed by atoms with Crippen LogP contribution >= 0.6 is 0 Å². The number of carbonyl (C=O) groups is 2. The highest BCUT2D eigenvalue weighted by atomic mass is 16.2. The van der Waals surface area contributed by atoms with Gasteiger partial charge >= 0.3 is 12.1 Å². The van der Waals surface area contributed by atoms with E-state index >= 15 is 0 Å². The van der Waals surface area contributed by atoms with E-state index in [4.69, 9.17) is 0 Å². The molecule has 1 fully saturated rings. The maximum atomic E-state index is 12.4. The van der Waals surface area contributed by atoms with Crippen molar-refractivity contribution in [1.29, 1.82) is 0 Å². The Morgan fingerprint density at radius 3 is 2.10 bits per heavy atom. The number of nitrogens with zero attached hydrogens (tertiary/aromatic N) is 2. The van der Waals surface area contributed by atoms with Crippen LogP contribution in [0.2, 0.25) is 0 Å². The molecule has 0 aliphatic heterocycles. The first-order valence-corrected chi connectivity index (χ1v) is 10.2. The molecular formula is C22H30N6O2. The third-order valence-electron chi connectivity index (χ3n) is 5.27. The summed E-state index contributed by atoms with van der Waals surface area (Å²) in [6.07, 6.45) is 5.86. The third kappa shape index (κ3) is 6.43. The predicted molar refractivity (Wildman–Crippen MR) is 117 cm³/mol. The van der Waals surface area contributed by atoms with E-state index < -0.39 is 0 Å². The summed E-state index contributed by atoms with van der Waals surface area (Å²) in [5.41, 5.74) is -0.110. The molecule has 2 aromatic rings. The zero-order chi connectivity index (χ0) is 21.6. The molecule has 2 aromatic heterocycles. The Labute approximate surface area is 177 Å². The van der Waals surface area contributed by atoms with Crippen LogP contribution in [0.1, 0.15) is 40.0 Å². The maximum absolute atomic E-state index is 12.4. The van der Waals surface area contributed by atoms with Gasteiger partial charge in [-0.3, -0.25) is 10.6 Å². The molecule has 0 radical (unpaired) electrons. The Bertz CT molecular complexity index is 858. The number of urea groups is 2. The van der Waals surface area contributed by atoms with Gasteiger partial charge in [-0.15, -0.1) is 0 Å². The molecule has 8 heteroatoms. The van der Waals surface area contributed by atoms with E-state index in [-0.39, 0.29) is 28.9 Å². The average Bonchev–Trinajstić information content (AvgIpc) is 2.66. The molecule has 4 amide bonds. The fourth-order valence-corrected chi connectivity index (χ4v) is 4.54. The summed E-state index contributed by atoms with van der Waals surface area (Å²) in [6, 6.07) is 10.2. The normalized spacial score (nSPS) is 22.6. The van der Waals surface area contributed by atoms with Crippen molar-refractivity contribution in [3.05, 3.63) is 48.8 Å². The Morgan fingerprint density at radius 1 is 0.933 bits per heavy atom. The summed E-state index contributed by atoms with van der Waals surface area (Å²) in [5.74, 6) is 1.02. The molecule has 0 saturated heterocycles. The largest absolute Gasteiger partial charge is 0.337 e. The van der Waals surface area contributed by atoms with E-state index in [0.717, 1.165) is 19.3 Å². The molecule has 1 aliphatic rings. The van der Waals surface area contributed by atoms with Crippen molar-refractivity contribution >= 4 is 23.7 Å². The molecule has 1 saturated carbocycles. The van der Waals surface area contributed by atoms with Crippen LogP contribution in [0.5, 0.6) is 0 Å². The summed E-state index contributed by atoms with van der Waals surface area (Å²) in [7, 11) is 0. The lowest BCUT2D eigenvalue weighted by atomic mass is 9.62. The van der Waals surface area contributed by atoms with Gasteiger partial charge in [0.25, 0.3) is 0 Å². The molecule has 30 heavy (non-hydrogen) atoms. The lowest BCUT2D eigenvalue weighted by Gasteiger charge is -2.46. The van der Waals surface area contributed by atoms with E-state index in [2.05, 4.69) is 52.0 Å². The van der Waals surface area contributed by atoms with Gasteiger partial charge < -0.3 is 10.6 Å². The first kappa shape index (κ1) is 21.5. The smallest absolute Gasteiger partial charge is 0.320 e. The van der Waals surface area contributed by atoms with E-state index in [9.17, 15) is 9.59 Å². The summed E-state index contributed by atoms with van der Waals surface area (Å²) in [4.78, 5) is 32.9. The van der Waals surface area contributed by atoms with Gasteiger partial charge in [0.05, 0.1) is 0 Å². The number of rotatable bonds is 5. The summed E-state index contributed by atoms with van der Waals surface area (Å²) < 4.78 is 0. The maximum Gasteiger partial charge on any atom is 0.320 e. The zero-order valence-corrected chi connectivity index (χ0v) is 17.7. The highest BCUT2D eigenvalue weighted by molar-refractivity contribution is 5.88. The lowest BCUT2D eigenvalue weighted by Crippen LogP contribution is -2.51. The second-order valence-electron chi connectivity index (χ2n) is 9.09. The van der Waals surface area contributed by atoms with Crippen LogP contribution in [0, 0.1) is 10.8 Å². The van der Waals surface area contributed by atoms with E-state index in [0.29, 0.717) is 18.2 Å². The van der Waals surface area contributed by atoms with Crippen molar-refractivity contribution in [3.63, 3.8) is 0 Å². The fraction of sp³-hybridized carbons (Fsp3) is 0.455. The molecule has 3 rings (SSSR count). The van der Waals surface area contributed by atoms with Crippen LogP contribution in [0.4, 0.5) is 21.2 Å². The summed E-state index contributed by atoms with van der Waals surface area (Å²) >= 11 is 0. The van der Waals surface area contributed by atoms with Crippen molar-refractivity contribution in [2.75, 3.05) is 17.2 Å². The second-order valence-corrected chi connectivity index (χ2v) is 9.09. The van der Waals surface area contributed by atoms with Crippen LogP contribution in [0.3, 0.4) is 0 Å². The van der Waals surface area contributed by atoms with Gasteiger partial charge in [0.1, 0.15) is 11.6 Å². The minimum absolute atomic E-state index is 0.00288. The van der Waals surface area contributed by atoms with Gasteiger partial charge in [-0.05, 0) is 54.4 Å². The molecule has 160 valence electrons. The first-order valence-electron chi connectivity index (χ1n) is 10.2. The standard InChI is InChI=1S/C22H30N6O2/c1-21(2)12-16(26-20(30)28-18-9-5-7-11-24-18)13-22(3,14-21)15-25-19(29)27-17-8-4-6-10-23-17/h4-11,16H,12-15H2,1-3H3,(H2,23,25,27,29)(H2,24,26,28,30)/t16-,22-/m0/s1. The Morgan fingerprint density at radius 2 is 1.53 bits per heavy atom. The molecule has 8 nitrogen and oxygen atoms in total. The number of pyridine rings is 2. The Kier molecular flexibility index (Phi) is 6.54. The minimum Gasteiger partial charge on any atom is -0.337 e.